The molecule has 0 aliphatic heterocycles. The zero-order valence-electron chi connectivity index (χ0n) is 24.0. The number of nitrogens with two attached hydrogens (primary N) is 1. The fraction of sp³-hybridized carbons (Fsp3) is 0.267. The summed E-state index contributed by atoms with van der Waals surface area (Å²) in [6.07, 6.45) is 1.31. The first-order valence-electron chi connectivity index (χ1n) is 13.5. The summed E-state index contributed by atoms with van der Waals surface area (Å²) in [5, 5.41) is 3.18. The number of carbonyl (C=O) groups is 3. The smallest absolute Gasteiger partial charge is 0.435 e. The number of methoxy groups -OCH3 is 1. The maximum Gasteiger partial charge on any atom is 0.435 e. The summed E-state index contributed by atoms with van der Waals surface area (Å²) >= 11 is 0. The Morgan fingerprint density at radius 2 is 1.95 bits per heavy atom. The van der Waals surface area contributed by atoms with Crippen LogP contribution in [0.2, 0.25) is 0 Å². The Labute approximate surface area is 247 Å². The van der Waals surface area contributed by atoms with Crippen LogP contribution in [0.1, 0.15) is 41.5 Å². The number of hydrogen-bond donors (Lipinski definition) is 2. The Bertz CT molecular complexity index is 1660. The predicted molar refractivity (Wildman–Crippen MR) is 159 cm³/mol. The number of anilines is 2. The topological polar surface area (TPSA) is 154 Å². The van der Waals surface area contributed by atoms with E-state index in [1.807, 2.05) is 18.5 Å². The third-order valence-corrected chi connectivity index (χ3v) is 6.49. The van der Waals surface area contributed by atoms with Crippen molar-refractivity contribution in [1.82, 2.24) is 14.5 Å². The van der Waals surface area contributed by atoms with Gasteiger partial charge in [-0.3, -0.25) is 14.5 Å². The van der Waals surface area contributed by atoms with Crippen molar-refractivity contribution in [3.63, 3.8) is 0 Å². The van der Waals surface area contributed by atoms with E-state index < -0.39 is 17.9 Å². The van der Waals surface area contributed by atoms with Crippen LogP contribution in [0.15, 0.2) is 65.8 Å². The van der Waals surface area contributed by atoms with E-state index in [0.29, 0.717) is 34.8 Å². The number of benzene rings is 2. The number of ether oxygens (including phenoxy) is 2. The van der Waals surface area contributed by atoms with Gasteiger partial charge in [0.1, 0.15) is 23.3 Å². The average Bonchev–Trinajstić information content (AvgIpc) is 3.34. The van der Waals surface area contributed by atoms with E-state index in [-0.39, 0.29) is 43.4 Å². The van der Waals surface area contributed by atoms with Gasteiger partial charge in [-0.15, -0.1) is 0 Å². The number of halogens is 1. The molecule has 0 saturated heterocycles. The number of esters is 1. The Balaban J connectivity index is 1.53. The molecule has 0 atom stereocenters. The van der Waals surface area contributed by atoms with Crippen molar-refractivity contribution in [2.75, 3.05) is 30.5 Å². The summed E-state index contributed by atoms with van der Waals surface area (Å²) < 4.78 is 25.9. The largest absolute Gasteiger partial charge is 0.469 e. The number of aryl methyl sites for hydroxylation is 1. The molecule has 2 amide bonds. The van der Waals surface area contributed by atoms with E-state index in [2.05, 4.69) is 20.3 Å². The molecule has 3 N–H and O–H groups in total. The van der Waals surface area contributed by atoms with Crippen molar-refractivity contribution >= 4 is 46.3 Å². The van der Waals surface area contributed by atoms with Gasteiger partial charge in [0, 0.05) is 31.0 Å². The fourth-order valence-electron chi connectivity index (χ4n) is 4.23. The lowest BCUT2D eigenvalue weighted by molar-refractivity contribution is -0.140. The number of amidine groups is 1. The number of rotatable bonds is 11. The summed E-state index contributed by atoms with van der Waals surface area (Å²) in [5.41, 5.74) is 8.09. The monoisotopic (exact) mass is 589 g/mol. The lowest BCUT2D eigenvalue weighted by Crippen LogP contribution is -2.33. The number of imidazole rings is 1. The number of hydrogen-bond acceptors (Lipinski definition) is 8. The number of aromatic nitrogens is 3. The first-order valence-corrected chi connectivity index (χ1v) is 13.5. The molecule has 2 heterocycles. The van der Waals surface area contributed by atoms with Crippen molar-refractivity contribution in [1.29, 1.82) is 0 Å². The minimum atomic E-state index is -0.888. The number of amides is 2. The van der Waals surface area contributed by atoms with Crippen molar-refractivity contribution in [2.45, 2.75) is 26.3 Å². The molecule has 12 nitrogen and oxygen atoms in total. The number of fused-ring (bicyclic) bond motifs is 1. The van der Waals surface area contributed by atoms with Crippen LogP contribution in [0.25, 0.3) is 11.0 Å². The maximum atomic E-state index is 14.4. The molecule has 0 saturated carbocycles. The third-order valence-electron chi connectivity index (χ3n) is 6.49. The van der Waals surface area contributed by atoms with E-state index in [0.717, 1.165) is 5.52 Å². The van der Waals surface area contributed by atoms with Crippen LogP contribution in [0.5, 0.6) is 0 Å². The highest BCUT2D eigenvalue weighted by Gasteiger charge is 2.21. The van der Waals surface area contributed by atoms with Crippen molar-refractivity contribution in [2.24, 2.45) is 17.8 Å². The zero-order chi connectivity index (χ0) is 30.9. The highest BCUT2D eigenvalue weighted by molar-refractivity contribution is 6.07. The van der Waals surface area contributed by atoms with Crippen molar-refractivity contribution in [3.8, 4) is 0 Å². The van der Waals surface area contributed by atoms with Gasteiger partial charge in [0.05, 0.1) is 43.3 Å². The Hall–Kier alpha value is -5.33. The van der Waals surface area contributed by atoms with Crippen LogP contribution in [0, 0.1) is 5.82 Å². The van der Waals surface area contributed by atoms with Crippen LogP contribution in [0.4, 0.5) is 20.7 Å². The first kappa shape index (κ1) is 30.6. The Kier molecular flexibility index (Phi) is 9.99. The molecule has 0 radical (unpaired) electrons. The van der Waals surface area contributed by atoms with Crippen LogP contribution in [-0.4, -0.2) is 58.6 Å². The summed E-state index contributed by atoms with van der Waals surface area (Å²) in [5.74, 6) is -0.669. The van der Waals surface area contributed by atoms with Gasteiger partial charge in [-0.2, -0.15) is 4.99 Å². The average molecular weight is 590 g/mol. The van der Waals surface area contributed by atoms with Crippen LogP contribution >= 0.6 is 0 Å². The molecule has 0 bridgehead atoms. The van der Waals surface area contributed by atoms with E-state index in [1.54, 1.807) is 42.6 Å². The minimum absolute atomic E-state index is 0.00596. The van der Waals surface area contributed by atoms with Gasteiger partial charge in [0.25, 0.3) is 5.91 Å². The second-order valence-corrected chi connectivity index (χ2v) is 9.42. The number of carbonyl (C=O) groups excluding carboxylic acids is 3. The van der Waals surface area contributed by atoms with Crippen LogP contribution in [0.3, 0.4) is 0 Å². The molecule has 0 unspecified atom stereocenters. The number of nitrogens with zero attached hydrogens (tertiary/aromatic N) is 5. The molecule has 0 aliphatic carbocycles. The highest BCUT2D eigenvalue weighted by Crippen LogP contribution is 2.22. The zero-order valence-corrected chi connectivity index (χ0v) is 24.0. The van der Waals surface area contributed by atoms with Gasteiger partial charge in [0.2, 0.25) is 0 Å². The molecule has 43 heavy (non-hydrogen) atoms. The molecule has 4 aromatic rings. The molecule has 0 spiro atoms. The minimum Gasteiger partial charge on any atom is -0.469 e. The van der Waals surface area contributed by atoms with Crippen LogP contribution in [-0.2, 0) is 27.9 Å². The second kappa shape index (κ2) is 14.0. The van der Waals surface area contributed by atoms with E-state index in [4.69, 9.17) is 15.2 Å². The Morgan fingerprint density at radius 3 is 2.67 bits per heavy atom. The van der Waals surface area contributed by atoms with Crippen LogP contribution < -0.4 is 16.0 Å². The van der Waals surface area contributed by atoms with Gasteiger partial charge in [-0.05, 0) is 55.0 Å². The maximum absolute atomic E-state index is 14.4. The van der Waals surface area contributed by atoms with E-state index in [9.17, 15) is 18.8 Å². The van der Waals surface area contributed by atoms with Gasteiger partial charge in [-0.1, -0.05) is 13.0 Å². The lowest BCUT2D eigenvalue weighted by Gasteiger charge is -2.21. The fourth-order valence-corrected chi connectivity index (χ4v) is 4.23. The molecule has 224 valence electrons. The lowest BCUT2D eigenvalue weighted by atomic mass is 10.1. The number of nitrogens with one attached hydrogen (secondary N) is 1. The van der Waals surface area contributed by atoms with Gasteiger partial charge < -0.3 is 25.1 Å². The number of aliphatic imine (C=N–C) groups is 1. The van der Waals surface area contributed by atoms with Crippen molar-refractivity contribution < 1.29 is 28.2 Å². The molecule has 0 aliphatic rings. The second-order valence-electron chi connectivity index (χ2n) is 9.42. The number of pyridine rings is 1. The summed E-state index contributed by atoms with van der Waals surface area (Å²) in [6, 6.07) is 14.5. The summed E-state index contributed by atoms with van der Waals surface area (Å²) in [6.45, 7) is 2.37. The van der Waals surface area contributed by atoms with E-state index >= 15 is 0 Å². The quantitative estimate of drug-likeness (QED) is 0.149. The molecular formula is C30H32FN7O5. The molecule has 4 rings (SSSR count). The van der Waals surface area contributed by atoms with Gasteiger partial charge in [-0.25, -0.2) is 19.2 Å². The molecule has 13 heteroatoms. The Morgan fingerprint density at radius 1 is 1.14 bits per heavy atom. The van der Waals surface area contributed by atoms with E-state index in [1.165, 1.54) is 30.2 Å². The van der Waals surface area contributed by atoms with Gasteiger partial charge in [0.15, 0.2) is 0 Å². The SMILES string of the molecule is CCCOC(=O)/N=C(\N)c1cc(NCc2nc3cc(C(=O)N(CCC(=O)OC)c4ccccn4)ccc3n2C)ccc1F. The van der Waals surface area contributed by atoms with Gasteiger partial charge >= 0.3 is 12.1 Å². The third kappa shape index (κ3) is 7.50. The highest BCUT2D eigenvalue weighted by atomic mass is 19.1. The summed E-state index contributed by atoms with van der Waals surface area (Å²) in [7, 11) is 3.13. The normalized spacial score (nSPS) is 11.3. The predicted octanol–water partition coefficient (Wildman–Crippen LogP) is 4.18. The standard InChI is InChI=1S/C30H32FN7O5/c1-4-15-43-30(41)36-28(32)21-17-20(9-10-22(21)31)34-18-26-35-23-16-19(8-11-24(23)37(26)2)29(40)38(14-12-27(39)42-3)25-7-5-6-13-33-25/h5-11,13,16-17,34H,4,12,14-15,18H2,1-3H3,(H2,32,36,41). The molecule has 0 fully saturated rings. The summed E-state index contributed by atoms with van der Waals surface area (Å²) in [4.78, 5) is 51.1. The molecular weight excluding hydrogens is 557 g/mol. The first-order chi connectivity index (χ1) is 20.7. The molecule has 2 aromatic carbocycles. The van der Waals surface area contributed by atoms with Crippen molar-refractivity contribution in [3.05, 3.63) is 83.6 Å². The molecule has 2 aromatic heterocycles.